The van der Waals surface area contributed by atoms with Gasteiger partial charge in [-0.1, -0.05) is 33.6 Å². The Hall–Kier alpha value is -0.0900. The van der Waals surface area contributed by atoms with Crippen LogP contribution in [0.25, 0.3) is 0 Å². The highest BCUT2D eigenvalue weighted by atomic mass is 32.2. The van der Waals surface area contributed by atoms with Crippen molar-refractivity contribution in [3.05, 3.63) is 0 Å². The van der Waals surface area contributed by atoms with E-state index in [-0.39, 0.29) is 11.7 Å². The summed E-state index contributed by atoms with van der Waals surface area (Å²) in [4.78, 5) is 0. The van der Waals surface area contributed by atoms with Crippen LogP contribution < -0.4 is 0 Å². The van der Waals surface area contributed by atoms with Crippen molar-refractivity contribution in [2.75, 3.05) is 5.75 Å². The summed E-state index contributed by atoms with van der Waals surface area (Å²) in [6, 6.07) is 0. The monoisotopic (exact) mass is 248 g/mol. The van der Waals surface area contributed by atoms with Gasteiger partial charge in [-0.3, -0.25) is 4.55 Å². The molecule has 0 amide bonds. The van der Waals surface area contributed by atoms with Crippen LogP contribution in [-0.2, 0) is 10.1 Å². The van der Waals surface area contributed by atoms with E-state index in [9.17, 15) is 8.42 Å². The molecule has 0 unspecified atom stereocenters. The van der Waals surface area contributed by atoms with E-state index in [1.807, 2.05) is 0 Å². The van der Waals surface area contributed by atoms with E-state index >= 15 is 0 Å². The number of hydrogen-bond donors (Lipinski definition) is 1. The van der Waals surface area contributed by atoms with E-state index in [0.717, 1.165) is 31.6 Å². The molecule has 0 radical (unpaired) electrons. The third-order valence-corrected chi connectivity index (χ3v) is 4.21. The van der Waals surface area contributed by atoms with Crippen molar-refractivity contribution in [1.29, 1.82) is 0 Å². The Balaban J connectivity index is 2.34. The maximum absolute atomic E-state index is 10.8. The summed E-state index contributed by atoms with van der Waals surface area (Å²) in [6.07, 6.45) is 5.32. The molecule has 0 bridgehead atoms. The topological polar surface area (TPSA) is 54.4 Å². The van der Waals surface area contributed by atoms with Crippen LogP contribution in [0.3, 0.4) is 0 Å². The van der Waals surface area contributed by atoms with Gasteiger partial charge in [-0.2, -0.15) is 8.42 Å². The van der Waals surface area contributed by atoms with Crippen molar-refractivity contribution in [3.63, 3.8) is 0 Å². The van der Waals surface area contributed by atoms with Gasteiger partial charge >= 0.3 is 0 Å². The molecular formula is C12H24O3S. The van der Waals surface area contributed by atoms with Crippen molar-refractivity contribution in [2.45, 2.75) is 52.9 Å². The second-order valence-electron chi connectivity index (χ2n) is 6.40. The van der Waals surface area contributed by atoms with Crippen molar-refractivity contribution in [1.82, 2.24) is 0 Å². The minimum atomic E-state index is -3.78. The van der Waals surface area contributed by atoms with Crippen molar-refractivity contribution >= 4 is 10.1 Å². The summed E-state index contributed by atoms with van der Waals surface area (Å²) in [7, 11) is -3.78. The lowest BCUT2D eigenvalue weighted by atomic mass is 9.75. The third-order valence-electron chi connectivity index (χ3n) is 3.31. The lowest BCUT2D eigenvalue weighted by Crippen LogP contribution is -2.24. The Kier molecular flexibility index (Phi) is 4.41. The van der Waals surface area contributed by atoms with Gasteiger partial charge in [0.25, 0.3) is 10.1 Å². The molecule has 1 aliphatic rings. The van der Waals surface area contributed by atoms with Crippen molar-refractivity contribution in [2.24, 2.45) is 17.3 Å². The van der Waals surface area contributed by atoms with E-state index in [1.165, 1.54) is 6.42 Å². The van der Waals surface area contributed by atoms with Crippen molar-refractivity contribution < 1.29 is 13.0 Å². The molecule has 3 nitrogen and oxygen atoms in total. The van der Waals surface area contributed by atoms with Gasteiger partial charge in [0, 0.05) is 0 Å². The van der Waals surface area contributed by atoms with Crippen LogP contribution in [0.15, 0.2) is 0 Å². The molecule has 1 aliphatic carbocycles. The summed E-state index contributed by atoms with van der Waals surface area (Å²) in [6.45, 7) is 6.74. The molecule has 4 heteroatoms. The highest BCUT2D eigenvalue weighted by Crippen LogP contribution is 2.36. The van der Waals surface area contributed by atoms with E-state index in [2.05, 4.69) is 20.8 Å². The highest BCUT2D eigenvalue weighted by Gasteiger charge is 2.27. The van der Waals surface area contributed by atoms with Crippen LogP contribution in [0.1, 0.15) is 52.9 Å². The first-order valence-electron chi connectivity index (χ1n) is 6.11. The Morgan fingerprint density at radius 2 is 1.50 bits per heavy atom. The predicted molar refractivity (Wildman–Crippen MR) is 65.9 cm³/mol. The van der Waals surface area contributed by atoms with Crippen LogP contribution >= 0.6 is 0 Å². The smallest absolute Gasteiger partial charge is 0.265 e. The fourth-order valence-corrected chi connectivity index (χ4v) is 3.70. The van der Waals surface area contributed by atoms with Gasteiger partial charge in [-0.25, -0.2) is 0 Å². The zero-order valence-corrected chi connectivity index (χ0v) is 11.4. The molecule has 0 aromatic rings. The minimum absolute atomic E-state index is 0.0464. The van der Waals surface area contributed by atoms with Crippen LogP contribution in [0, 0.1) is 17.3 Å². The van der Waals surface area contributed by atoms with Crippen LogP contribution in [-0.4, -0.2) is 18.7 Å². The Morgan fingerprint density at radius 1 is 1.06 bits per heavy atom. The zero-order chi connectivity index (χ0) is 12.4. The molecule has 0 aromatic heterocycles. The van der Waals surface area contributed by atoms with E-state index in [4.69, 9.17) is 4.55 Å². The van der Waals surface area contributed by atoms with Gasteiger partial charge in [0.2, 0.25) is 0 Å². The summed E-state index contributed by atoms with van der Waals surface area (Å²) < 4.78 is 30.3. The van der Waals surface area contributed by atoms with Crippen LogP contribution in [0.5, 0.6) is 0 Å². The summed E-state index contributed by atoms with van der Waals surface area (Å²) in [5.41, 5.74) is 0.362. The molecule has 96 valence electrons. The molecule has 0 spiro atoms. The quantitative estimate of drug-likeness (QED) is 0.781. The molecular weight excluding hydrogens is 224 g/mol. The van der Waals surface area contributed by atoms with Gasteiger partial charge in [-0.05, 0) is 36.5 Å². The standard InChI is InChI=1S/C12H24O3S/c1-12(2,3)8-10-4-6-11(7-5-10)9-16(13,14)15/h10-11H,4-9H2,1-3H3,(H,13,14,15). The maximum Gasteiger partial charge on any atom is 0.265 e. The second-order valence-corrected chi connectivity index (χ2v) is 7.90. The Bertz CT molecular complexity index is 306. The van der Waals surface area contributed by atoms with Gasteiger partial charge < -0.3 is 0 Å². The normalized spacial score (nSPS) is 28.0. The fourth-order valence-electron chi connectivity index (χ4n) is 2.77. The van der Waals surface area contributed by atoms with Crippen LogP contribution in [0.2, 0.25) is 0 Å². The Labute approximate surface area is 99.4 Å². The number of hydrogen-bond acceptors (Lipinski definition) is 2. The van der Waals surface area contributed by atoms with Crippen molar-refractivity contribution in [3.8, 4) is 0 Å². The summed E-state index contributed by atoms with van der Waals surface area (Å²) in [5.74, 6) is 0.860. The molecule has 0 atom stereocenters. The first-order chi connectivity index (χ1) is 7.16. The van der Waals surface area contributed by atoms with Crippen LogP contribution in [0.4, 0.5) is 0 Å². The summed E-state index contributed by atoms with van der Waals surface area (Å²) >= 11 is 0. The van der Waals surface area contributed by atoms with E-state index in [1.54, 1.807) is 0 Å². The number of rotatable bonds is 3. The maximum atomic E-state index is 10.8. The zero-order valence-electron chi connectivity index (χ0n) is 10.6. The molecule has 1 fully saturated rings. The lowest BCUT2D eigenvalue weighted by Gasteiger charge is -2.32. The average Bonchev–Trinajstić information content (AvgIpc) is 2.03. The molecule has 0 saturated heterocycles. The van der Waals surface area contributed by atoms with Gasteiger partial charge in [0.15, 0.2) is 0 Å². The Morgan fingerprint density at radius 3 is 1.88 bits per heavy atom. The van der Waals surface area contributed by atoms with E-state index in [0.29, 0.717) is 5.41 Å². The van der Waals surface area contributed by atoms with E-state index < -0.39 is 10.1 Å². The van der Waals surface area contributed by atoms with Gasteiger partial charge in [0.05, 0.1) is 5.75 Å². The first kappa shape index (κ1) is 14.0. The fraction of sp³-hybridized carbons (Fsp3) is 1.00. The molecule has 0 aliphatic heterocycles. The molecule has 1 saturated carbocycles. The average molecular weight is 248 g/mol. The molecule has 0 heterocycles. The van der Waals surface area contributed by atoms with Gasteiger partial charge in [0.1, 0.15) is 0 Å². The second kappa shape index (κ2) is 5.05. The molecule has 16 heavy (non-hydrogen) atoms. The third kappa shape index (κ3) is 5.85. The highest BCUT2D eigenvalue weighted by molar-refractivity contribution is 7.85. The molecule has 0 aromatic carbocycles. The lowest BCUT2D eigenvalue weighted by molar-refractivity contribution is 0.211. The molecule has 1 N–H and O–H groups in total. The SMILES string of the molecule is CC(C)(C)CC1CCC(CS(=O)(=O)O)CC1. The molecule has 1 rings (SSSR count). The first-order valence-corrected chi connectivity index (χ1v) is 7.72. The minimum Gasteiger partial charge on any atom is -0.286 e. The summed E-state index contributed by atoms with van der Waals surface area (Å²) in [5, 5.41) is 0. The predicted octanol–water partition coefficient (Wildman–Crippen LogP) is 3.12. The largest absolute Gasteiger partial charge is 0.286 e. The van der Waals surface area contributed by atoms with Gasteiger partial charge in [-0.15, -0.1) is 0 Å².